The third-order valence-corrected chi connectivity index (χ3v) is 3.40. The van der Waals surface area contributed by atoms with Crippen molar-refractivity contribution in [2.45, 2.75) is 19.3 Å². The number of aliphatic carboxylic acids is 1. The Morgan fingerprint density at radius 3 is 2.61 bits per heavy atom. The van der Waals surface area contributed by atoms with Crippen LogP contribution < -0.4 is 4.74 Å². The van der Waals surface area contributed by atoms with Crippen molar-refractivity contribution in [3.05, 3.63) is 30.0 Å². The van der Waals surface area contributed by atoms with E-state index in [-0.39, 0.29) is 0 Å². The lowest BCUT2D eigenvalue weighted by atomic mass is 9.84. The largest absolute Gasteiger partial charge is 0.497 e. The van der Waals surface area contributed by atoms with E-state index in [9.17, 15) is 9.90 Å². The minimum atomic E-state index is -0.925. The highest BCUT2D eigenvalue weighted by Gasteiger charge is 2.32. The molecule has 0 fully saturated rings. The summed E-state index contributed by atoms with van der Waals surface area (Å²) < 4.78 is 7.14. The number of hydrogen-bond acceptors (Lipinski definition) is 2. The number of hydrogen-bond donors (Lipinski definition) is 1. The van der Waals surface area contributed by atoms with Gasteiger partial charge in [0.25, 0.3) is 0 Å². The predicted molar refractivity (Wildman–Crippen MR) is 70.1 cm³/mol. The second-order valence-electron chi connectivity index (χ2n) is 4.97. The van der Waals surface area contributed by atoms with Gasteiger partial charge >= 0.3 is 5.97 Å². The Balaban J connectivity index is 2.75. The molecule has 96 valence electrons. The number of aromatic nitrogens is 1. The van der Waals surface area contributed by atoms with E-state index in [0.29, 0.717) is 0 Å². The Kier molecular flexibility index (Phi) is 2.81. The number of carboxylic acid groups (broad SMARTS) is 1. The molecule has 4 nitrogen and oxygen atoms in total. The van der Waals surface area contributed by atoms with E-state index < -0.39 is 11.4 Å². The van der Waals surface area contributed by atoms with E-state index in [1.807, 2.05) is 36.0 Å². The lowest BCUT2D eigenvalue weighted by Gasteiger charge is -2.18. The molecular formula is C14H17NO3. The number of methoxy groups -OCH3 is 1. The van der Waals surface area contributed by atoms with E-state index in [2.05, 4.69) is 0 Å². The van der Waals surface area contributed by atoms with Crippen LogP contribution in [0, 0.1) is 0 Å². The van der Waals surface area contributed by atoms with Gasteiger partial charge in [-0.1, -0.05) is 0 Å². The minimum absolute atomic E-state index is 0.733. The second-order valence-corrected chi connectivity index (χ2v) is 4.97. The summed E-state index contributed by atoms with van der Waals surface area (Å²) in [5.74, 6) is -0.103. The Bertz CT molecular complexity index is 611. The van der Waals surface area contributed by atoms with Gasteiger partial charge in [0.15, 0.2) is 0 Å². The van der Waals surface area contributed by atoms with Crippen molar-refractivity contribution >= 4 is 16.9 Å². The maximum absolute atomic E-state index is 11.4. The maximum atomic E-state index is 11.4. The van der Waals surface area contributed by atoms with Gasteiger partial charge in [0, 0.05) is 24.1 Å². The molecule has 0 saturated heterocycles. The zero-order valence-electron chi connectivity index (χ0n) is 11.0. The van der Waals surface area contributed by atoms with Gasteiger partial charge < -0.3 is 14.4 Å². The molecule has 2 aromatic rings. The standard InChI is InChI=1S/C14H17NO3/c1-14(2,13(16)17)11-8-15(3)12-6-5-9(18-4)7-10(11)12/h5-8H,1-4H3,(H,16,17). The van der Waals surface area contributed by atoms with Crippen LogP contribution in [0.25, 0.3) is 10.9 Å². The summed E-state index contributed by atoms with van der Waals surface area (Å²) in [6.45, 7) is 3.42. The highest BCUT2D eigenvalue weighted by molar-refractivity contribution is 5.92. The number of carbonyl (C=O) groups is 1. The lowest BCUT2D eigenvalue weighted by Crippen LogP contribution is -2.28. The van der Waals surface area contributed by atoms with Crippen molar-refractivity contribution in [1.82, 2.24) is 4.57 Å². The molecule has 0 spiro atoms. The molecule has 1 heterocycles. The molecule has 0 aliphatic carbocycles. The number of fused-ring (bicyclic) bond motifs is 1. The van der Waals surface area contributed by atoms with Crippen molar-refractivity contribution in [2.24, 2.45) is 7.05 Å². The summed E-state index contributed by atoms with van der Waals surface area (Å²) in [6, 6.07) is 5.70. The van der Waals surface area contributed by atoms with Gasteiger partial charge in [-0.15, -0.1) is 0 Å². The molecule has 0 atom stereocenters. The van der Waals surface area contributed by atoms with E-state index in [4.69, 9.17) is 4.74 Å². The van der Waals surface area contributed by atoms with E-state index in [1.165, 1.54) is 0 Å². The third kappa shape index (κ3) is 1.74. The Hall–Kier alpha value is -1.97. The fourth-order valence-corrected chi connectivity index (χ4v) is 2.11. The smallest absolute Gasteiger partial charge is 0.313 e. The van der Waals surface area contributed by atoms with Crippen molar-refractivity contribution in [1.29, 1.82) is 0 Å². The first-order chi connectivity index (χ1) is 8.37. The topological polar surface area (TPSA) is 51.5 Å². The zero-order chi connectivity index (χ0) is 13.5. The fourth-order valence-electron chi connectivity index (χ4n) is 2.11. The average Bonchev–Trinajstić information content (AvgIpc) is 2.66. The monoisotopic (exact) mass is 247 g/mol. The van der Waals surface area contributed by atoms with Crippen LogP contribution in [0.3, 0.4) is 0 Å². The number of aryl methyl sites for hydroxylation is 1. The Morgan fingerprint density at radius 2 is 2.06 bits per heavy atom. The molecule has 0 radical (unpaired) electrons. The number of carboxylic acids is 1. The van der Waals surface area contributed by atoms with Crippen molar-refractivity contribution in [2.75, 3.05) is 7.11 Å². The molecule has 1 N–H and O–H groups in total. The normalized spacial score (nSPS) is 11.8. The first-order valence-corrected chi connectivity index (χ1v) is 5.75. The molecule has 0 saturated carbocycles. The maximum Gasteiger partial charge on any atom is 0.313 e. The van der Waals surface area contributed by atoms with Gasteiger partial charge in [-0.25, -0.2) is 0 Å². The first kappa shape index (κ1) is 12.5. The molecule has 2 rings (SSSR count). The van der Waals surface area contributed by atoms with E-state index >= 15 is 0 Å². The van der Waals surface area contributed by atoms with Gasteiger partial charge in [0.2, 0.25) is 0 Å². The van der Waals surface area contributed by atoms with Crippen molar-refractivity contribution < 1.29 is 14.6 Å². The summed E-state index contributed by atoms with van der Waals surface area (Å²) in [5.41, 5.74) is 0.873. The van der Waals surface area contributed by atoms with Crippen LogP contribution in [0.15, 0.2) is 24.4 Å². The lowest BCUT2D eigenvalue weighted by molar-refractivity contribution is -0.142. The molecule has 0 aliphatic rings. The molecule has 18 heavy (non-hydrogen) atoms. The minimum Gasteiger partial charge on any atom is -0.497 e. The molecule has 0 amide bonds. The first-order valence-electron chi connectivity index (χ1n) is 5.75. The summed E-state index contributed by atoms with van der Waals surface area (Å²) in [7, 11) is 3.52. The quantitative estimate of drug-likeness (QED) is 0.906. The van der Waals surface area contributed by atoms with Crippen LogP contribution in [-0.4, -0.2) is 22.8 Å². The molecule has 1 aromatic heterocycles. The highest BCUT2D eigenvalue weighted by Crippen LogP contribution is 2.33. The summed E-state index contributed by atoms with van der Waals surface area (Å²) in [5, 5.41) is 10.3. The molecule has 4 heteroatoms. The fraction of sp³-hybridized carbons (Fsp3) is 0.357. The molecular weight excluding hydrogens is 230 g/mol. The summed E-state index contributed by atoms with van der Waals surface area (Å²) in [6.07, 6.45) is 1.87. The highest BCUT2D eigenvalue weighted by atomic mass is 16.5. The van der Waals surface area contributed by atoms with Crippen LogP contribution in [0.4, 0.5) is 0 Å². The van der Waals surface area contributed by atoms with Crippen LogP contribution >= 0.6 is 0 Å². The number of benzene rings is 1. The van der Waals surface area contributed by atoms with Gasteiger partial charge in [-0.2, -0.15) is 0 Å². The summed E-state index contributed by atoms with van der Waals surface area (Å²) in [4.78, 5) is 11.4. The SMILES string of the molecule is COc1ccc2c(c1)c(C(C)(C)C(=O)O)cn2C. The van der Waals surface area contributed by atoms with Gasteiger partial charge in [0.1, 0.15) is 5.75 Å². The summed E-state index contributed by atoms with van der Waals surface area (Å²) >= 11 is 0. The predicted octanol–water partition coefficient (Wildman–Crippen LogP) is 2.55. The zero-order valence-corrected chi connectivity index (χ0v) is 11.0. The van der Waals surface area contributed by atoms with Gasteiger partial charge in [0.05, 0.1) is 12.5 Å². The molecule has 1 aromatic carbocycles. The van der Waals surface area contributed by atoms with Gasteiger partial charge in [-0.3, -0.25) is 4.79 Å². The average molecular weight is 247 g/mol. The number of nitrogens with zero attached hydrogens (tertiary/aromatic N) is 1. The number of rotatable bonds is 3. The van der Waals surface area contributed by atoms with Crippen LogP contribution in [0.1, 0.15) is 19.4 Å². The van der Waals surface area contributed by atoms with Crippen LogP contribution in [0.2, 0.25) is 0 Å². The Morgan fingerprint density at radius 1 is 1.39 bits per heavy atom. The third-order valence-electron chi connectivity index (χ3n) is 3.40. The van der Waals surface area contributed by atoms with Crippen molar-refractivity contribution in [3.8, 4) is 5.75 Å². The van der Waals surface area contributed by atoms with Crippen molar-refractivity contribution in [3.63, 3.8) is 0 Å². The van der Waals surface area contributed by atoms with Crippen LogP contribution in [0.5, 0.6) is 5.75 Å². The Labute approximate surface area is 106 Å². The molecule has 0 aliphatic heterocycles. The molecule has 0 unspecified atom stereocenters. The molecule has 0 bridgehead atoms. The van der Waals surface area contributed by atoms with E-state index in [1.54, 1.807) is 21.0 Å². The van der Waals surface area contributed by atoms with Gasteiger partial charge in [-0.05, 0) is 37.6 Å². The second kappa shape index (κ2) is 4.05. The van der Waals surface area contributed by atoms with Crippen LogP contribution in [-0.2, 0) is 17.3 Å². The number of ether oxygens (including phenoxy) is 1. The van der Waals surface area contributed by atoms with E-state index in [0.717, 1.165) is 22.2 Å².